The van der Waals surface area contributed by atoms with Gasteiger partial charge in [-0.05, 0) is 55.6 Å². The van der Waals surface area contributed by atoms with E-state index in [0.29, 0.717) is 25.2 Å². The van der Waals surface area contributed by atoms with E-state index in [1.165, 1.54) is 18.9 Å². The molecule has 0 radical (unpaired) electrons. The van der Waals surface area contributed by atoms with E-state index in [4.69, 9.17) is 0 Å². The molecular formula is C25H27F6N3O. The van der Waals surface area contributed by atoms with Crippen LogP contribution in [0.15, 0.2) is 48.5 Å². The fraction of sp³-hybridized carbons (Fsp3) is 0.480. The summed E-state index contributed by atoms with van der Waals surface area (Å²) in [6.45, 7) is 2.61. The van der Waals surface area contributed by atoms with E-state index in [1.54, 1.807) is 4.90 Å². The average Bonchev–Trinajstić information content (AvgIpc) is 3.39. The third kappa shape index (κ3) is 4.60. The zero-order valence-electron chi connectivity index (χ0n) is 19.5. The van der Waals surface area contributed by atoms with Gasteiger partial charge in [0.1, 0.15) is 0 Å². The second-order valence-corrected chi connectivity index (χ2v) is 9.54. The smallest absolute Gasteiger partial charge is 0.321 e. The molecule has 0 aromatic heterocycles. The van der Waals surface area contributed by atoms with E-state index in [1.807, 2.05) is 37.4 Å². The number of fused-ring (bicyclic) bond motifs is 1. The average molecular weight is 499 g/mol. The lowest BCUT2D eigenvalue weighted by atomic mass is 9.89. The predicted molar refractivity (Wildman–Crippen MR) is 118 cm³/mol. The van der Waals surface area contributed by atoms with Crippen molar-refractivity contribution < 1.29 is 31.1 Å². The number of alkyl halides is 6. The maximum absolute atomic E-state index is 13.6. The number of halogens is 6. The van der Waals surface area contributed by atoms with Crippen molar-refractivity contribution >= 4 is 6.03 Å². The van der Waals surface area contributed by atoms with Gasteiger partial charge in [-0.1, -0.05) is 30.3 Å². The number of hydrogen-bond donors (Lipinski definition) is 1. The molecule has 2 amide bonds. The second-order valence-electron chi connectivity index (χ2n) is 9.54. The Morgan fingerprint density at radius 3 is 2.17 bits per heavy atom. The molecule has 2 aromatic carbocycles. The maximum Gasteiger partial charge on any atom is 0.416 e. The highest BCUT2D eigenvalue weighted by Gasteiger charge is 2.66. The molecule has 1 saturated heterocycles. The molecule has 1 aliphatic heterocycles. The van der Waals surface area contributed by atoms with Gasteiger partial charge in [0, 0.05) is 25.6 Å². The minimum atomic E-state index is -4.95. The maximum atomic E-state index is 13.6. The molecule has 4 nitrogen and oxygen atoms in total. The van der Waals surface area contributed by atoms with Gasteiger partial charge in [0.05, 0.1) is 23.2 Å². The first-order valence-electron chi connectivity index (χ1n) is 11.3. The lowest BCUT2D eigenvalue weighted by Gasteiger charge is -2.37. The summed E-state index contributed by atoms with van der Waals surface area (Å²) in [5, 5.41) is 3.20. The van der Waals surface area contributed by atoms with Gasteiger partial charge in [-0.25, -0.2) is 4.79 Å². The lowest BCUT2D eigenvalue weighted by Crippen LogP contribution is -2.45. The van der Waals surface area contributed by atoms with E-state index >= 15 is 0 Å². The van der Waals surface area contributed by atoms with Crippen molar-refractivity contribution in [1.29, 1.82) is 0 Å². The molecule has 190 valence electrons. The van der Waals surface area contributed by atoms with Gasteiger partial charge in [-0.2, -0.15) is 26.3 Å². The van der Waals surface area contributed by atoms with Gasteiger partial charge in [-0.15, -0.1) is 0 Å². The predicted octanol–water partition coefficient (Wildman–Crippen LogP) is 6.12. The van der Waals surface area contributed by atoms with E-state index in [0.717, 1.165) is 12.0 Å². The number of hydrogen-bond acceptors (Lipinski definition) is 2. The first kappa shape index (κ1) is 25.3. The van der Waals surface area contributed by atoms with Crippen molar-refractivity contribution in [3.05, 3.63) is 70.8 Å². The largest absolute Gasteiger partial charge is 0.416 e. The van der Waals surface area contributed by atoms with Crippen LogP contribution < -0.4 is 5.32 Å². The van der Waals surface area contributed by atoms with Crippen molar-refractivity contribution in [2.24, 2.45) is 11.3 Å². The summed E-state index contributed by atoms with van der Waals surface area (Å²) in [7, 11) is 3.26. The Hall–Kier alpha value is -2.75. The minimum absolute atomic E-state index is 0.0962. The zero-order valence-corrected chi connectivity index (χ0v) is 19.5. The highest BCUT2D eigenvalue weighted by Crippen LogP contribution is 2.67. The van der Waals surface area contributed by atoms with E-state index in [2.05, 4.69) is 5.32 Å². The van der Waals surface area contributed by atoms with Crippen molar-refractivity contribution in [2.75, 3.05) is 27.2 Å². The Morgan fingerprint density at radius 1 is 1.09 bits per heavy atom. The highest BCUT2D eigenvalue weighted by molar-refractivity contribution is 5.76. The number of nitrogens with one attached hydrogen (secondary N) is 1. The molecule has 0 spiro atoms. The van der Waals surface area contributed by atoms with Crippen LogP contribution >= 0.6 is 0 Å². The number of piperidine rings is 1. The number of carbonyl (C=O) groups excluding carboxylic acids is 1. The molecule has 4 rings (SSSR count). The van der Waals surface area contributed by atoms with Gasteiger partial charge in [-0.3, -0.25) is 0 Å². The van der Waals surface area contributed by atoms with E-state index in [-0.39, 0.29) is 29.0 Å². The zero-order chi connectivity index (χ0) is 25.8. The number of carbonyl (C=O) groups is 1. The van der Waals surface area contributed by atoms with Crippen molar-refractivity contribution in [3.8, 4) is 0 Å². The Kier molecular flexibility index (Phi) is 6.32. The molecule has 1 saturated carbocycles. The van der Waals surface area contributed by atoms with Gasteiger partial charge in [0.15, 0.2) is 0 Å². The molecule has 35 heavy (non-hydrogen) atoms. The van der Waals surface area contributed by atoms with Crippen LogP contribution in [0.3, 0.4) is 0 Å². The van der Waals surface area contributed by atoms with E-state index in [9.17, 15) is 31.1 Å². The molecule has 1 heterocycles. The van der Waals surface area contributed by atoms with Crippen LogP contribution in [0.1, 0.15) is 47.7 Å². The SMILES string of the molecule is CNCC12CC1CN(C(=O)N(C)C(C)c1cc(C(F)(F)F)cc(C(F)(F)F)c1)C2c1ccccc1. The molecule has 4 atom stereocenters. The topological polar surface area (TPSA) is 35.6 Å². The second kappa shape index (κ2) is 8.72. The van der Waals surface area contributed by atoms with Crippen molar-refractivity contribution in [3.63, 3.8) is 0 Å². The third-order valence-corrected chi connectivity index (χ3v) is 7.39. The molecular weight excluding hydrogens is 472 g/mol. The normalized spacial score (nSPS) is 24.8. The van der Waals surface area contributed by atoms with Gasteiger partial charge >= 0.3 is 18.4 Å². The first-order valence-corrected chi connectivity index (χ1v) is 11.3. The molecule has 2 fully saturated rings. The van der Waals surface area contributed by atoms with E-state index < -0.39 is 35.6 Å². The van der Waals surface area contributed by atoms with Crippen molar-refractivity contribution in [1.82, 2.24) is 15.1 Å². The van der Waals surface area contributed by atoms with Crippen LogP contribution in [-0.2, 0) is 12.4 Å². The number of urea groups is 1. The first-order chi connectivity index (χ1) is 16.3. The molecule has 0 bridgehead atoms. The fourth-order valence-corrected chi connectivity index (χ4v) is 5.42. The molecule has 4 unspecified atom stereocenters. The fourth-order valence-electron chi connectivity index (χ4n) is 5.42. The van der Waals surface area contributed by atoms with Crippen LogP contribution in [0, 0.1) is 11.3 Å². The lowest BCUT2D eigenvalue weighted by molar-refractivity contribution is -0.143. The quantitative estimate of drug-likeness (QED) is 0.503. The Morgan fingerprint density at radius 2 is 1.66 bits per heavy atom. The number of rotatable bonds is 5. The van der Waals surface area contributed by atoms with Crippen LogP contribution in [0.5, 0.6) is 0 Å². The molecule has 2 aliphatic rings. The highest BCUT2D eigenvalue weighted by atomic mass is 19.4. The summed E-state index contributed by atoms with van der Waals surface area (Å²) >= 11 is 0. The molecule has 1 N–H and O–H groups in total. The van der Waals surface area contributed by atoms with Gasteiger partial charge in [0.25, 0.3) is 0 Å². The number of amides is 2. The van der Waals surface area contributed by atoms with Crippen LogP contribution in [0.2, 0.25) is 0 Å². The van der Waals surface area contributed by atoms with Crippen molar-refractivity contribution in [2.45, 2.75) is 37.8 Å². The summed E-state index contributed by atoms with van der Waals surface area (Å²) in [5.74, 6) is 0.276. The minimum Gasteiger partial charge on any atom is -0.321 e. The monoisotopic (exact) mass is 499 g/mol. The third-order valence-electron chi connectivity index (χ3n) is 7.39. The number of likely N-dealkylation sites (tertiary alicyclic amines) is 1. The van der Waals surface area contributed by atoms with Crippen LogP contribution in [0.4, 0.5) is 31.1 Å². The summed E-state index contributed by atoms with van der Waals surface area (Å²) in [4.78, 5) is 16.5. The number of benzene rings is 2. The summed E-state index contributed by atoms with van der Waals surface area (Å²) in [5.41, 5.74) is -2.21. The Bertz CT molecular complexity index is 1050. The van der Waals surface area contributed by atoms with Crippen LogP contribution in [-0.4, -0.2) is 43.0 Å². The standard InChI is InChI=1S/C25H27F6N3O/c1-15(17-9-18(24(26,27)28)11-19(10-17)25(29,30)31)33(3)22(35)34-13-20-12-23(20,14-32-2)21(34)16-7-5-4-6-8-16/h4-11,15,20-21,32H,12-14H2,1-3H3. The summed E-state index contributed by atoms with van der Waals surface area (Å²) in [6.07, 6.45) is -8.96. The Labute approximate surface area is 199 Å². The summed E-state index contributed by atoms with van der Waals surface area (Å²) in [6, 6.07) is 9.30. The Balaban J connectivity index is 1.66. The number of nitrogens with zero attached hydrogens (tertiary/aromatic N) is 2. The molecule has 2 aromatic rings. The van der Waals surface area contributed by atoms with Crippen LogP contribution in [0.25, 0.3) is 0 Å². The summed E-state index contributed by atoms with van der Waals surface area (Å²) < 4.78 is 80.1. The molecule has 1 aliphatic carbocycles. The van der Waals surface area contributed by atoms with Gasteiger partial charge < -0.3 is 15.1 Å². The van der Waals surface area contributed by atoms with Gasteiger partial charge in [0.2, 0.25) is 0 Å². The molecule has 10 heteroatoms.